The summed E-state index contributed by atoms with van der Waals surface area (Å²) in [7, 11) is 2.23. The third-order valence-electron chi connectivity index (χ3n) is 4.55. The van der Waals surface area contributed by atoms with Crippen LogP contribution in [0, 0.1) is 5.41 Å². The number of ether oxygens (including phenoxy) is 1. The van der Waals surface area contributed by atoms with E-state index in [1.807, 2.05) is 0 Å². The number of aliphatic hydroxyl groups excluding tert-OH is 1. The van der Waals surface area contributed by atoms with Gasteiger partial charge in [0.25, 0.3) is 0 Å². The molecule has 0 aromatic carbocycles. The van der Waals surface area contributed by atoms with Crippen LogP contribution in [0.2, 0.25) is 0 Å². The molecule has 2 fully saturated rings. The van der Waals surface area contributed by atoms with Gasteiger partial charge in [0.05, 0.1) is 6.61 Å². The van der Waals surface area contributed by atoms with Gasteiger partial charge < -0.3 is 20.1 Å². The van der Waals surface area contributed by atoms with Crippen LogP contribution in [0.3, 0.4) is 0 Å². The second kappa shape index (κ2) is 8.32. The lowest BCUT2D eigenvalue weighted by atomic mass is 9.81. The van der Waals surface area contributed by atoms with E-state index < -0.39 is 0 Å². The van der Waals surface area contributed by atoms with Gasteiger partial charge in [0.2, 0.25) is 0 Å². The van der Waals surface area contributed by atoms with Gasteiger partial charge >= 0.3 is 0 Å². The van der Waals surface area contributed by atoms with Gasteiger partial charge in [0.1, 0.15) is 0 Å². The van der Waals surface area contributed by atoms with Gasteiger partial charge in [-0.15, -0.1) is 0 Å². The second-order valence-electron chi connectivity index (χ2n) is 6.83. The molecule has 0 bridgehead atoms. The molecular formula is C16H32N2O2. The molecule has 1 atom stereocenters. The van der Waals surface area contributed by atoms with E-state index in [9.17, 15) is 0 Å². The third kappa shape index (κ3) is 5.68. The number of nitrogens with one attached hydrogen (secondary N) is 1. The van der Waals surface area contributed by atoms with Crippen molar-refractivity contribution in [2.75, 3.05) is 46.5 Å². The maximum Gasteiger partial charge on any atom is 0.0546 e. The highest BCUT2D eigenvalue weighted by Gasteiger charge is 2.35. The van der Waals surface area contributed by atoms with Crippen molar-refractivity contribution in [3.05, 3.63) is 0 Å². The summed E-state index contributed by atoms with van der Waals surface area (Å²) in [5.41, 5.74) is 0.312. The Labute approximate surface area is 123 Å². The lowest BCUT2D eigenvalue weighted by Gasteiger charge is -2.40. The fourth-order valence-corrected chi connectivity index (χ4v) is 3.20. The first-order valence-electron chi connectivity index (χ1n) is 8.35. The molecule has 0 amide bonds. The minimum absolute atomic E-state index is 0.312. The van der Waals surface area contributed by atoms with Gasteiger partial charge in [-0.1, -0.05) is 0 Å². The average Bonchev–Trinajstić information content (AvgIpc) is 3.27. The van der Waals surface area contributed by atoms with Gasteiger partial charge in [0, 0.05) is 37.8 Å². The average molecular weight is 284 g/mol. The molecule has 1 aliphatic carbocycles. The molecule has 2 rings (SSSR count). The van der Waals surface area contributed by atoms with Gasteiger partial charge in [0.15, 0.2) is 0 Å². The van der Waals surface area contributed by atoms with Gasteiger partial charge in [-0.2, -0.15) is 0 Å². The highest BCUT2D eigenvalue weighted by molar-refractivity contribution is 4.90. The number of hydrogen-bond acceptors (Lipinski definition) is 4. The van der Waals surface area contributed by atoms with Crippen molar-refractivity contribution in [2.24, 2.45) is 5.41 Å². The van der Waals surface area contributed by atoms with Crippen LogP contribution in [0.5, 0.6) is 0 Å². The molecule has 1 heterocycles. The van der Waals surface area contributed by atoms with Crippen LogP contribution >= 0.6 is 0 Å². The Hall–Kier alpha value is -0.160. The van der Waals surface area contributed by atoms with Crippen molar-refractivity contribution in [3.63, 3.8) is 0 Å². The molecule has 0 spiro atoms. The third-order valence-corrected chi connectivity index (χ3v) is 4.55. The van der Waals surface area contributed by atoms with Crippen molar-refractivity contribution in [3.8, 4) is 0 Å². The standard InChI is InChI=1S/C16H32N2O2/c1-18(9-3-2-4-10-19)13-16(8-5-11-20-14-16)12-17-15-6-7-15/h15,17,19H,2-14H2,1H3. The molecule has 1 aliphatic heterocycles. The Morgan fingerprint density at radius 1 is 1.30 bits per heavy atom. The molecule has 1 saturated heterocycles. The quantitative estimate of drug-likeness (QED) is 0.599. The predicted molar refractivity (Wildman–Crippen MR) is 81.9 cm³/mol. The van der Waals surface area contributed by atoms with Crippen LogP contribution in [-0.2, 0) is 4.74 Å². The Balaban J connectivity index is 1.73. The maximum atomic E-state index is 8.82. The summed E-state index contributed by atoms with van der Waals surface area (Å²) < 4.78 is 5.78. The number of rotatable bonds is 10. The zero-order valence-corrected chi connectivity index (χ0v) is 13.1. The summed E-state index contributed by atoms with van der Waals surface area (Å²) in [6, 6.07) is 0.781. The molecule has 118 valence electrons. The maximum absolute atomic E-state index is 8.82. The van der Waals surface area contributed by atoms with Crippen molar-refractivity contribution in [1.82, 2.24) is 10.2 Å². The van der Waals surface area contributed by atoms with E-state index >= 15 is 0 Å². The first kappa shape index (κ1) is 16.2. The zero-order valence-electron chi connectivity index (χ0n) is 13.1. The molecule has 0 aromatic heterocycles. The fourth-order valence-electron chi connectivity index (χ4n) is 3.20. The van der Waals surface area contributed by atoms with Gasteiger partial charge in [-0.3, -0.25) is 0 Å². The first-order valence-corrected chi connectivity index (χ1v) is 8.35. The summed E-state index contributed by atoms with van der Waals surface area (Å²) in [5, 5.41) is 12.5. The van der Waals surface area contributed by atoms with Crippen LogP contribution in [-0.4, -0.2) is 62.6 Å². The molecule has 4 heteroatoms. The van der Waals surface area contributed by atoms with Crippen molar-refractivity contribution < 1.29 is 9.84 Å². The molecule has 2 N–H and O–H groups in total. The zero-order chi connectivity index (χ0) is 14.3. The molecule has 2 aliphatic rings. The van der Waals surface area contributed by atoms with Crippen LogP contribution in [0.15, 0.2) is 0 Å². The van der Waals surface area contributed by atoms with E-state index in [-0.39, 0.29) is 0 Å². The number of unbranched alkanes of at least 4 members (excludes halogenated alkanes) is 2. The number of nitrogens with zero attached hydrogens (tertiary/aromatic N) is 1. The van der Waals surface area contributed by atoms with Crippen molar-refractivity contribution >= 4 is 0 Å². The highest BCUT2D eigenvalue weighted by atomic mass is 16.5. The lowest BCUT2D eigenvalue weighted by molar-refractivity contribution is -0.0230. The summed E-state index contributed by atoms with van der Waals surface area (Å²) >= 11 is 0. The van der Waals surface area contributed by atoms with Crippen LogP contribution in [0.25, 0.3) is 0 Å². The molecule has 0 aromatic rings. The van der Waals surface area contributed by atoms with E-state index in [2.05, 4.69) is 17.3 Å². The lowest BCUT2D eigenvalue weighted by Crippen LogP contribution is -2.48. The van der Waals surface area contributed by atoms with E-state index in [0.717, 1.165) is 51.7 Å². The van der Waals surface area contributed by atoms with Gasteiger partial charge in [-0.25, -0.2) is 0 Å². The van der Waals surface area contributed by atoms with E-state index in [4.69, 9.17) is 9.84 Å². The molecule has 1 unspecified atom stereocenters. The topological polar surface area (TPSA) is 44.7 Å². The highest BCUT2D eigenvalue weighted by Crippen LogP contribution is 2.30. The normalized spacial score (nSPS) is 27.1. The second-order valence-corrected chi connectivity index (χ2v) is 6.83. The molecule has 0 radical (unpaired) electrons. The minimum Gasteiger partial charge on any atom is -0.396 e. The molecule has 20 heavy (non-hydrogen) atoms. The molecule has 4 nitrogen and oxygen atoms in total. The smallest absolute Gasteiger partial charge is 0.0546 e. The largest absolute Gasteiger partial charge is 0.396 e. The van der Waals surface area contributed by atoms with E-state index in [0.29, 0.717) is 12.0 Å². The molecule has 1 saturated carbocycles. The summed E-state index contributed by atoms with van der Waals surface area (Å²) in [6.45, 7) is 5.54. The number of aliphatic hydroxyl groups is 1. The minimum atomic E-state index is 0.312. The summed E-state index contributed by atoms with van der Waals surface area (Å²) in [5.74, 6) is 0. The Kier molecular flexibility index (Phi) is 6.75. The predicted octanol–water partition coefficient (Wildman–Crippen LogP) is 1.63. The fraction of sp³-hybridized carbons (Fsp3) is 1.00. The van der Waals surface area contributed by atoms with Crippen LogP contribution in [0.4, 0.5) is 0 Å². The number of hydrogen-bond donors (Lipinski definition) is 2. The van der Waals surface area contributed by atoms with E-state index in [1.54, 1.807) is 0 Å². The van der Waals surface area contributed by atoms with Crippen LogP contribution < -0.4 is 5.32 Å². The van der Waals surface area contributed by atoms with Crippen molar-refractivity contribution in [2.45, 2.75) is 51.0 Å². The van der Waals surface area contributed by atoms with Crippen LogP contribution in [0.1, 0.15) is 44.9 Å². The Morgan fingerprint density at radius 2 is 2.15 bits per heavy atom. The summed E-state index contributed by atoms with van der Waals surface area (Å²) in [4.78, 5) is 2.46. The van der Waals surface area contributed by atoms with Crippen molar-refractivity contribution in [1.29, 1.82) is 0 Å². The Morgan fingerprint density at radius 3 is 2.80 bits per heavy atom. The SMILES string of the molecule is CN(CCCCCO)CC1(CNC2CC2)CCCOC1. The summed E-state index contributed by atoms with van der Waals surface area (Å²) in [6.07, 6.45) is 8.44. The van der Waals surface area contributed by atoms with Gasteiger partial charge in [-0.05, 0) is 58.5 Å². The molecular weight excluding hydrogens is 252 g/mol. The Bertz CT molecular complexity index is 263. The first-order chi connectivity index (χ1) is 9.74. The van der Waals surface area contributed by atoms with E-state index in [1.165, 1.54) is 32.1 Å². The monoisotopic (exact) mass is 284 g/mol.